The second-order valence-electron chi connectivity index (χ2n) is 4.08. The highest BCUT2D eigenvalue weighted by atomic mass is 79.9. The third kappa shape index (κ3) is 3.47. The maximum atomic E-state index is 13.7. The Morgan fingerprint density at radius 1 is 1.26 bits per heavy atom. The van der Waals surface area contributed by atoms with Crippen LogP contribution in [0.2, 0.25) is 5.02 Å². The Hall–Kier alpha value is -1.10. The minimum Gasteiger partial charge on any atom is -0.377 e. The van der Waals surface area contributed by atoms with Gasteiger partial charge < -0.3 is 11.1 Å². The van der Waals surface area contributed by atoms with E-state index in [4.69, 9.17) is 17.3 Å². The molecule has 0 heterocycles. The Labute approximate surface area is 124 Å². The first-order chi connectivity index (χ1) is 9.11. The molecule has 0 fully saturated rings. The molecular weight excluding hydrogens is 331 g/mol. The van der Waals surface area contributed by atoms with Crippen LogP contribution in [0.5, 0.6) is 0 Å². The van der Waals surface area contributed by atoms with E-state index in [-0.39, 0.29) is 11.9 Å². The molecule has 0 aliphatic heterocycles. The summed E-state index contributed by atoms with van der Waals surface area (Å²) in [5.41, 5.74) is 7.10. The van der Waals surface area contributed by atoms with Gasteiger partial charge >= 0.3 is 0 Å². The molecule has 2 aromatic carbocycles. The smallest absolute Gasteiger partial charge is 0.128 e. The minimum absolute atomic E-state index is 0.265. The molecule has 0 bridgehead atoms. The zero-order chi connectivity index (χ0) is 13.8. The molecule has 0 radical (unpaired) electrons. The molecule has 0 amide bonds. The first kappa shape index (κ1) is 14.3. The molecule has 5 heteroatoms. The van der Waals surface area contributed by atoms with Crippen molar-refractivity contribution in [3.8, 4) is 0 Å². The normalized spacial score (nSPS) is 12.2. The predicted octanol–water partition coefficient (Wildman–Crippen LogP) is 4.35. The highest BCUT2D eigenvalue weighted by molar-refractivity contribution is 9.10. The second kappa shape index (κ2) is 6.37. The van der Waals surface area contributed by atoms with Crippen LogP contribution in [0.15, 0.2) is 46.9 Å². The van der Waals surface area contributed by atoms with E-state index in [2.05, 4.69) is 21.2 Å². The summed E-state index contributed by atoms with van der Waals surface area (Å²) in [4.78, 5) is 0. The van der Waals surface area contributed by atoms with Gasteiger partial charge in [0.05, 0.1) is 11.1 Å². The number of benzene rings is 2. The van der Waals surface area contributed by atoms with E-state index in [1.165, 1.54) is 6.07 Å². The summed E-state index contributed by atoms with van der Waals surface area (Å²) in [5, 5.41) is 3.83. The van der Waals surface area contributed by atoms with Gasteiger partial charge in [-0.3, -0.25) is 0 Å². The second-order valence-corrected chi connectivity index (χ2v) is 5.34. The van der Waals surface area contributed by atoms with Gasteiger partial charge in [0.25, 0.3) is 0 Å². The van der Waals surface area contributed by atoms with Crippen LogP contribution in [0.25, 0.3) is 0 Å². The maximum absolute atomic E-state index is 13.7. The lowest BCUT2D eigenvalue weighted by molar-refractivity contribution is 0.593. The standard InChI is InChI=1S/C14H13BrClFN2/c15-11-7-9(5-6-12(11)16)19-14(8-18)10-3-1-2-4-13(10)17/h1-7,14,19H,8,18H2. The number of nitrogens with one attached hydrogen (secondary N) is 1. The van der Waals surface area contributed by atoms with Gasteiger partial charge in [0.15, 0.2) is 0 Å². The van der Waals surface area contributed by atoms with Gasteiger partial charge in [-0.25, -0.2) is 4.39 Å². The van der Waals surface area contributed by atoms with Crippen LogP contribution in [0.1, 0.15) is 11.6 Å². The molecule has 0 aromatic heterocycles. The number of hydrogen-bond donors (Lipinski definition) is 2. The van der Waals surface area contributed by atoms with Gasteiger partial charge in [0, 0.05) is 22.3 Å². The summed E-state index contributed by atoms with van der Waals surface area (Å²) in [7, 11) is 0. The molecule has 2 nitrogen and oxygen atoms in total. The maximum Gasteiger partial charge on any atom is 0.128 e. The number of halogens is 3. The van der Waals surface area contributed by atoms with Crippen molar-refractivity contribution in [1.29, 1.82) is 0 Å². The van der Waals surface area contributed by atoms with E-state index in [1.54, 1.807) is 24.3 Å². The molecule has 100 valence electrons. The summed E-state index contributed by atoms with van der Waals surface area (Å²) < 4.78 is 14.5. The van der Waals surface area contributed by atoms with Gasteiger partial charge in [-0.1, -0.05) is 29.8 Å². The van der Waals surface area contributed by atoms with Crippen molar-refractivity contribution in [2.45, 2.75) is 6.04 Å². The van der Waals surface area contributed by atoms with Crippen LogP contribution < -0.4 is 11.1 Å². The summed E-state index contributed by atoms with van der Waals surface area (Å²) in [5.74, 6) is -0.265. The lowest BCUT2D eigenvalue weighted by Gasteiger charge is -2.19. The van der Waals surface area contributed by atoms with Crippen molar-refractivity contribution < 1.29 is 4.39 Å². The van der Waals surface area contributed by atoms with Crippen molar-refractivity contribution in [2.75, 3.05) is 11.9 Å². The Morgan fingerprint density at radius 3 is 2.63 bits per heavy atom. The Balaban J connectivity index is 2.24. The average Bonchev–Trinajstić information content (AvgIpc) is 2.41. The molecule has 1 atom stereocenters. The Kier molecular flexibility index (Phi) is 4.80. The summed E-state index contributed by atoms with van der Waals surface area (Å²) in [6.07, 6.45) is 0. The molecular formula is C14H13BrClFN2. The fraction of sp³-hybridized carbons (Fsp3) is 0.143. The molecule has 0 spiro atoms. The molecule has 0 saturated heterocycles. The van der Waals surface area contributed by atoms with Crippen molar-refractivity contribution in [2.24, 2.45) is 5.73 Å². The minimum atomic E-state index is -0.283. The van der Waals surface area contributed by atoms with Crippen molar-refractivity contribution in [3.63, 3.8) is 0 Å². The highest BCUT2D eigenvalue weighted by Crippen LogP contribution is 2.28. The van der Waals surface area contributed by atoms with Crippen molar-refractivity contribution in [1.82, 2.24) is 0 Å². The van der Waals surface area contributed by atoms with E-state index < -0.39 is 0 Å². The third-order valence-electron chi connectivity index (χ3n) is 2.78. The van der Waals surface area contributed by atoms with Crippen LogP contribution in [0, 0.1) is 5.82 Å². The van der Waals surface area contributed by atoms with Crippen molar-refractivity contribution in [3.05, 3.63) is 63.3 Å². The van der Waals surface area contributed by atoms with Crippen LogP contribution in [-0.2, 0) is 0 Å². The van der Waals surface area contributed by atoms with Crippen LogP contribution in [0.4, 0.5) is 10.1 Å². The first-order valence-electron chi connectivity index (χ1n) is 5.78. The summed E-state index contributed by atoms with van der Waals surface area (Å²) in [6.45, 7) is 0.293. The molecule has 3 N–H and O–H groups in total. The number of nitrogens with two attached hydrogens (primary N) is 1. The molecule has 2 aromatic rings. The quantitative estimate of drug-likeness (QED) is 0.866. The molecule has 19 heavy (non-hydrogen) atoms. The third-order valence-corrected chi connectivity index (χ3v) is 3.99. The fourth-order valence-corrected chi connectivity index (χ4v) is 2.30. The van der Waals surface area contributed by atoms with Gasteiger partial charge in [0.1, 0.15) is 5.82 Å². The molecule has 1 unspecified atom stereocenters. The topological polar surface area (TPSA) is 38.0 Å². The van der Waals surface area contributed by atoms with E-state index in [0.717, 1.165) is 10.2 Å². The van der Waals surface area contributed by atoms with Gasteiger partial charge in [-0.05, 0) is 40.2 Å². The summed E-state index contributed by atoms with van der Waals surface area (Å²) in [6, 6.07) is 11.8. The molecule has 2 rings (SSSR count). The monoisotopic (exact) mass is 342 g/mol. The average molecular weight is 344 g/mol. The van der Waals surface area contributed by atoms with E-state index in [1.807, 2.05) is 12.1 Å². The lowest BCUT2D eigenvalue weighted by atomic mass is 10.1. The largest absolute Gasteiger partial charge is 0.377 e. The molecule has 0 aliphatic rings. The number of rotatable bonds is 4. The lowest BCUT2D eigenvalue weighted by Crippen LogP contribution is -2.21. The van der Waals surface area contributed by atoms with Crippen molar-refractivity contribution >= 4 is 33.2 Å². The molecule has 0 aliphatic carbocycles. The van der Waals surface area contributed by atoms with E-state index in [9.17, 15) is 4.39 Å². The van der Waals surface area contributed by atoms with Crippen LogP contribution in [-0.4, -0.2) is 6.54 Å². The van der Waals surface area contributed by atoms with Crippen LogP contribution >= 0.6 is 27.5 Å². The van der Waals surface area contributed by atoms with Gasteiger partial charge in [-0.15, -0.1) is 0 Å². The zero-order valence-electron chi connectivity index (χ0n) is 10.0. The van der Waals surface area contributed by atoms with E-state index in [0.29, 0.717) is 17.1 Å². The SMILES string of the molecule is NCC(Nc1ccc(Cl)c(Br)c1)c1ccccc1F. The van der Waals surface area contributed by atoms with E-state index >= 15 is 0 Å². The van der Waals surface area contributed by atoms with Crippen LogP contribution in [0.3, 0.4) is 0 Å². The van der Waals surface area contributed by atoms with Gasteiger partial charge in [0.2, 0.25) is 0 Å². The molecule has 0 saturated carbocycles. The number of anilines is 1. The number of hydrogen-bond acceptors (Lipinski definition) is 2. The zero-order valence-corrected chi connectivity index (χ0v) is 12.4. The highest BCUT2D eigenvalue weighted by Gasteiger charge is 2.13. The first-order valence-corrected chi connectivity index (χ1v) is 6.95. The van der Waals surface area contributed by atoms with Gasteiger partial charge in [-0.2, -0.15) is 0 Å². The Morgan fingerprint density at radius 2 is 2.00 bits per heavy atom. The summed E-state index contributed by atoms with van der Waals surface area (Å²) >= 11 is 9.29. The Bertz CT molecular complexity index is 577. The fourth-order valence-electron chi connectivity index (χ4n) is 1.81. The predicted molar refractivity (Wildman–Crippen MR) is 81.0 cm³/mol.